The first-order chi connectivity index (χ1) is 8.08. The number of carbonyl (C=O) groups is 1. The lowest BCUT2D eigenvalue weighted by Crippen LogP contribution is -2.20. The second-order valence-electron chi connectivity index (χ2n) is 3.69. The third-order valence-corrected chi connectivity index (χ3v) is 2.74. The fourth-order valence-corrected chi connectivity index (χ4v) is 1.83. The third-order valence-electron chi connectivity index (χ3n) is 2.51. The topological polar surface area (TPSA) is 59.3 Å². The third kappa shape index (κ3) is 2.47. The number of nitrogens with zero attached hydrogens (tertiary/aromatic N) is 1. The van der Waals surface area contributed by atoms with E-state index in [-0.39, 0.29) is 18.5 Å². The molecule has 0 aliphatic rings. The number of aliphatic carboxylic acids is 1. The first-order valence-corrected chi connectivity index (χ1v) is 5.46. The molecule has 0 bridgehead atoms. The van der Waals surface area contributed by atoms with Crippen LogP contribution >= 0.6 is 11.6 Å². The van der Waals surface area contributed by atoms with E-state index in [0.717, 1.165) is 5.39 Å². The Morgan fingerprint density at radius 1 is 1.35 bits per heavy atom. The minimum absolute atomic E-state index is 0.0704. The van der Waals surface area contributed by atoms with Crippen LogP contribution in [0.4, 0.5) is 0 Å². The number of benzene rings is 1. The van der Waals surface area contributed by atoms with E-state index >= 15 is 0 Å². The second-order valence-corrected chi connectivity index (χ2v) is 4.13. The largest absolute Gasteiger partial charge is 0.481 e. The van der Waals surface area contributed by atoms with Gasteiger partial charge in [-0.2, -0.15) is 0 Å². The highest BCUT2D eigenvalue weighted by Gasteiger charge is 2.04. The number of halogens is 1. The quantitative estimate of drug-likeness (QED) is 0.909. The van der Waals surface area contributed by atoms with Crippen molar-refractivity contribution in [3.63, 3.8) is 0 Å². The Morgan fingerprint density at radius 2 is 2.12 bits per heavy atom. The number of rotatable bonds is 3. The maximum Gasteiger partial charge on any atom is 0.305 e. The van der Waals surface area contributed by atoms with Crippen molar-refractivity contribution in [3.05, 3.63) is 45.8 Å². The summed E-state index contributed by atoms with van der Waals surface area (Å²) < 4.78 is 1.39. The van der Waals surface area contributed by atoms with E-state index in [0.29, 0.717) is 10.4 Å². The molecule has 0 amide bonds. The van der Waals surface area contributed by atoms with E-state index in [2.05, 4.69) is 0 Å². The van der Waals surface area contributed by atoms with E-state index in [1.807, 2.05) is 0 Å². The predicted molar refractivity (Wildman–Crippen MR) is 65.5 cm³/mol. The van der Waals surface area contributed by atoms with Gasteiger partial charge in [-0.1, -0.05) is 11.6 Å². The molecule has 0 saturated heterocycles. The second kappa shape index (κ2) is 4.59. The number of fused-ring (bicyclic) bond motifs is 1. The van der Waals surface area contributed by atoms with Crippen LogP contribution in [-0.2, 0) is 11.3 Å². The fourth-order valence-electron chi connectivity index (χ4n) is 1.65. The van der Waals surface area contributed by atoms with Gasteiger partial charge in [-0.3, -0.25) is 9.59 Å². The van der Waals surface area contributed by atoms with E-state index in [1.165, 1.54) is 4.57 Å². The molecule has 0 aliphatic heterocycles. The zero-order valence-electron chi connectivity index (χ0n) is 8.89. The Kier molecular flexibility index (Phi) is 3.15. The van der Waals surface area contributed by atoms with Gasteiger partial charge in [0.05, 0.1) is 6.42 Å². The van der Waals surface area contributed by atoms with Gasteiger partial charge in [0.25, 0.3) is 5.56 Å². The average Bonchev–Trinajstić information content (AvgIpc) is 2.27. The molecule has 1 aromatic heterocycles. The van der Waals surface area contributed by atoms with E-state index in [4.69, 9.17) is 16.7 Å². The summed E-state index contributed by atoms with van der Waals surface area (Å²) in [4.78, 5) is 22.4. The number of aromatic nitrogens is 1. The van der Waals surface area contributed by atoms with Gasteiger partial charge < -0.3 is 9.67 Å². The SMILES string of the molecule is O=C(O)CCn1ccc2cc(Cl)ccc2c1=O. The average molecular weight is 252 g/mol. The molecule has 1 heterocycles. The number of aryl methyl sites for hydroxylation is 1. The molecule has 1 aromatic carbocycles. The maximum absolute atomic E-state index is 12.0. The van der Waals surface area contributed by atoms with Crippen LogP contribution in [0.25, 0.3) is 10.8 Å². The molecule has 1 N–H and O–H groups in total. The summed E-state index contributed by atoms with van der Waals surface area (Å²) in [6.45, 7) is 0.173. The molecule has 0 fully saturated rings. The van der Waals surface area contributed by atoms with Crippen LogP contribution in [0.15, 0.2) is 35.3 Å². The molecule has 2 aromatic rings. The number of hydrogen-bond acceptors (Lipinski definition) is 2. The van der Waals surface area contributed by atoms with Crippen molar-refractivity contribution in [2.45, 2.75) is 13.0 Å². The Morgan fingerprint density at radius 3 is 2.82 bits per heavy atom. The van der Waals surface area contributed by atoms with Crippen molar-refractivity contribution >= 4 is 28.3 Å². The maximum atomic E-state index is 12.0. The lowest BCUT2D eigenvalue weighted by Gasteiger charge is -2.05. The highest BCUT2D eigenvalue weighted by Crippen LogP contribution is 2.16. The molecule has 0 atom stereocenters. The van der Waals surface area contributed by atoms with Crippen LogP contribution in [0.1, 0.15) is 6.42 Å². The van der Waals surface area contributed by atoms with Crippen molar-refractivity contribution < 1.29 is 9.90 Å². The van der Waals surface area contributed by atoms with Crippen LogP contribution in [0.3, 0.4) is 0 Å². The van der Waals surface area contributed by atoms with Gasteiger partial charge in [0.1, 0.15) is 0 Å². The Balaban J connectivity index is 2.47. The summed E-state index contributed by atoms with van der Waals surface area (Å²) in [5.41, 5.74) is -0.194. The molecule has 0 spiro atoms. The number of carboxylic acid groups (broad SMARTS) is 1. The van der Waals surface area contributed by atoms with Gasteiger partial charge in [0.15, 0.2) is 0 Å². The number of hydrogen-bond donors (Lipinski definition) is 1. The first-order valence-electron chi connectivity index (χ1n) is 5.08. The highest BCUT2D eigenvalue weighted by atomic mass is 35.5. The Hall–Kier alpha value is -1.81. The van der Waals surface area contributed by atoms with Crippen LogP contribution in [-0.4, -0.2) is 15.6 Å². The molecular formula is C12H10ClNO3. The minimum Gasteiger partial charge on any atom is -0.481 e. The molecular weight excluding hydrogens is 242 g/mol. The summed E-state index contributed by atoms with van der Waals surface area (Å²) in [5, 5.41) is 10.5. The van der Waals surface area contributed by atoms with Gasteiger partial charge in [-0.05, 0) is 29.7 Å². The van der Waals surface area contributed by atoms with Crippen molar-refractivity contribution in [1.82, 2.24) is 4.57 Å². The summed E-state index contributed by atoms with van der Waals surface area (Å²) in [5.74, 6) is -0.923. The zero-order valence-corrected chi connectivity index (χ0v) is 9.65. The normalized spacial score (nSPS) is 10.6. The van der Waals surface area contributed by atoms with Gasteiger partial charge in [-0.15, -0.1) is 0 Å². The van der Waals surface area contributed by atoms with Gasteiger partial charge in [-0.25, -0.2) is 0 Å². The van der Waals surface area contributed by atoms with Gasteiger partial charge in [0.2, 0.25) is 0 Å². The monoisotopic (exact) mass is 251 g/mol. The van der Waals surface area contributed by atoms with E-state index in [1.54, 1.807) is 30.5 Å². The van der Waals surface area contributed by atoms with Crippen LogP contribution < -0.4 is 5.56 Å². The van der Waals surface area contributed by atoms with Crippen molar-refractivity contribution in [2.75, 3.05) is 0 Å². The Bertz CT molecular complexity index is 633. The minimum atomic E-state index is -0.923. The van der Waals surface area contributed by atoms with Crippen molar-refractivity contribution in [2.24, 2.45) is 0 Å². The van der Waals surface area contributed by atoms with Crippen molar-refractivity contribution in [1.29, 1.82) is 0 Å². The van der Waals surface area contributed by atoms with Crippen molar-refractivity contribution in [3.8, 4) is 0 Å². The first kappa shape index (κ1) is 11.7. The molecule has 0 aliphatic carbocycles. The molecule has 88 valence electrons. The van der Waals surface area contributed by atoms with Crippen LogP contribution in [0.2, 0.25) is 5.02 Å². The molecule has 0 radical (unpaired) electrons. The molecule has 17 heavy (non-hydrogen) atoms. The molecule has 5 heteroatoms. The van der Waals surface area contributed by atoms with E-state index < -0.39 is 5.97 Å². The molecule has 0 saturated carbocycles. The lowest BCUT2D eigenvalue weighted by molar-refractivity contribution is -0.137. The zero-order chi connectivity index (χ0) is 12.4. The standard InChI is InChI=1S/C12H10ClNO3/c13-9-1-2-10-8(7-9)3-5-14(12(10)17)6-4-11(15)16/h1-3,5,7H,4,6H2,(H,15,16). The van der Waals surface area contributed by atoms with Crippen LogP contribution in [0.5, 0.6) is 0 Å². The fraction of sp³-hybridized carbons (Fsp3) is 0.167. The molecule has 4 nitrogen and oxygen atoms in total. The Labute approximate surface area is 102 Å². The summed E-state index contributed by atoms with van der Waals surface area (Å²) in [7, 11) is 0. The summed E-state index contributed by atoms with van der Waals surface area (Å²) in [6, 6.07) is 6.76. The molecule has 2 rings (SSSR count). The predicted octanol–water partition coefficient (Wildman–Crippen LogP) is 2.13. The van der Waals surface area contributed by atoms with Gasteiger partial charge in [0, 0.05) is 23.2 Å². The summed E-state index contributed by atoms with van der Waals surface area (Å²) >= 11 is 5.83. The smallest absolute Gasteiger partial charge is 0.305 e. The molecule has 0 unspecified atom stereocenters. The van der Waals surface area contributed by atoms with E-state index in [9.17, 15) is 9.59 Å². The van der Waals surface area contributed by atoms with Crippen LogP contribution in [0, 0.1) is 0 Å². The summed E-state index contributed by atoms with van der Waals surface area (Å²) in [6.07, 6.45) is 1.52. The van der Waals surface area contributed by atoms with Gasteiger partial charge >= 0.3 is 5.97 Å². The highest BCUT2D eigenvalue weighted by molar-refractivity contribution is 6.31. The lowest BCUT2D eigenvalue weighted by atomic mass is 10.2. The number of carboxylic acids is 1. The number of pyridine rings is 1.